The summed E-state index contributed by atoms with van der Waals surface area (Å²) in [5.41, 5.74) is 0. The molecule has 0 spiro atoms. The second kappa shape index (κ2) is 24.2. The maximum Gasteiger partial charge on any atom is 0.306 e. The molecule has 37 heavy (non-hydrogen) atoms. The van der Waals surface area contributed by atoms with Crippen molar-refractivity contribution in [2.75, 3.05) is 52.7 Å². The van der Waals surface area contributed by atoms with Gasteiger partial charge in [0.2, 0.25) is 0 Å². The number of carbonyl (C=O) groups excluding carboxylic acids is 5. The predicted molar refractivity (Wildman–Crippen MR) is 143 cm³/mol. The summed E-state index contributed by atoms with van der Waals surface area (Å²) in [5, 5.41) is -0.0723. The molecule has 1 amide bonds. The molecule has 10 nitrogen and oxygen atoms in total. The zero-order valence-corrected chi connectivity index (χ0v) is 23.6. The van der Waals surface area contributed by atoms with Gasteiger partial charge in [0.15, 0.2) is 6.10 Å². The Hall–Kier alpha value is -2.14. The van der Waals surface area contributed by atoms with Crippen LogP contribution in [0.4, 0.5) is 4.79 Å². The van der Waals surface area contributed by atoms with Crippen molar-refractivity contribution < 1.29 is 38.2 Å². The first-order valence-electron chi connectivity index (χ1n) is 13.2. The minimum absolute atomic E-state index is 0.0473. The predicted octanol–water partition coefficient (Wildman–Crippen LogP) is 3.84. The lowest BCUT2D eigenvalue weighted by atomic mass is 10.1. The van der Waals surface area contributed by atoms with Gasteiger partial charge in [-0.1, -0.05) is 44.4 Å². The summed E-state index contributed by atoms with van der Waals surface area (Å²) in [6.07, 6.45) is 7.50. The summed E-state index contributed by atoms with van der Waals surface area (Å²) >= 11 is 1.24. The molecule has 0 heterocycles. The number of rotatable bonds is 24. The van der Waals surface area contributed by atoms with Crippen molar-refractivity contribution in [3.63, 3.8) is 0 Å². The summed E-state index contributed by atoms with van der Waals surface area (Å²) in [6.45, 7) is 3.66. The largest absolute Gasteiger partial charge is 0.464 e. The van der Waals surface area contributed by atoms with Crippen LogP contribution in [-0.4, -0.2) is 98.5 Å². The van der Waals surface area contributed by atoms with E-state index in [0.29, 0.717) is 44.5 Å². The molecule has 1 unspecified atom stereocenters. The van der Waals surface area contributed by atoms with Gasteiger partial charge in [-0.25, -0.2) is 0 Å². The molecule has 0 aromatic rings. The Morgan fingerprint density at radius 2 is 1.54 bits per heavy atom. The summed E-state index contributed by atoms with van der Waals surface area (Å²) in [7, 11) is 3.96. The average Bonchev–Trinajstić information content (AvgIpc) is 2.87. The molecular formula is C26H46N2O8S. The second-order valence-electron chi connectivity index (χ2n) is 9.06. The van der Waals surface area contributed by atoms with Gasteiger partial charge in [0.25, 0.3) is 11.7 Å². The molecule has 0 saturated carbocycles. The number of carbonyl (C=O) groups is 5. The zero-order valence-electron chi connectivity index (χ0n) is 22.8. The van der Waals surface area contributed by atoms with Crippen LogP contribution in [-0.2, 0) is 33.4 Å². The maximum atomic E-state index is 12.6. The fourth-order valence-corrected chi connectivity index (χ4v) is 4.16. The van der Waals surface area contributed by atoms with Gasteiger partial charge in [-0.2, -0.15) is 0 Å². The molecule has 0 radical (unpaired) electrons. The Balaban J connectivity index is 4.53. The van der Waals surface area contributed by atoms with E-state index in [4.69, 9.17) is 14.2 Å². The van der Waals surface area contributed by atoms with Crippen LogP contribution in [0.2, 0.25) is 0 Å². The number of esters is 2. The molecule has 0 aliphatic heterocycles. The van der Waals surface area contributed by atoms with Crippen LogP contribution in [0.5, 0.6) is 0 Å². The molecule has 0 aliphatic carbocycles. The normalized spacial score (nSPS) is 11.6. The number of unbranched alkanes of at least 4 members (excludes halogenated alkanes) is 5. The number of aldehydes is 1. The number of amides is 1. The van der Waals surface area contributed by atoms with Crippen LogP contribution in [0.15, 0.2) is 0 Å². The van der Waals surface area contributed by atoms with Crippen molar-refractivity contribution in [2.45, 2.75) is 83.7 Å². The van der Waals surface area contributed by atoms with E-state index in [0.717, 1.165) is 51.4 Å². The lowest BCUT2D eigenvalue weighted by molar-refractivity contribution is -0.164. The van der Waals surface area contributed by atoms with Gasteiger partial charge < -0.3 is 28.8 Å². The number of hydrogen-bond donors (Lipinski definition) is 0. The first kappa shape index (κ1) is 34.9. The molecule has 11 heteroatoms. The van der Waals surface area contributed by atoms with Crippen molar-refractivity contribution in [2.24, 2.45) is 0 Å². The third-order valence-corrected chi connectivity index (χ3v) is 6.35. The SMILES string of the molecule is CCCCCCCC(=O)OCC(COC=O)OC(=O)CCCN(CCCC=O)C(=O)SCCCN(C)C. The number of ether oxygens (including phenoxy) is 3. The third kappa shape index (κ3) is 21.6. The second-order valence-corrected chi connectivity index (χ2v) is 10.1. The molecule has 0 bridgehead atoms. The molecule has 214 valence electrons. The van der Waals surface area contributed by atoms with E-state index in [9.17, 15) is 24.0 Å². The summed E-state index contributed by atoms with van der Waals surface area (Å²) < 4.78 is 15.3. The molecule has 0 rings (SSSR count). The Bertz CT molecular complexity index is 648. The molecule has 0 saturated heterocycles. The van der Waals surface area contributed by atoms with Crippen molar-refractivity contribution in [1.82, 2.24) is 9.80 Å². The fraction of sp³-hybridized carbons (Fsp3) is 0.808. The number of hydrogen-bond acceptors (Lipinski definition) is 10. The summed E-state index contributed by atoms with van der Waals surface area (Å²) in [5.74, 6) is -0.218. The van der Waals surface area contributed by atoms with Crippen molar-refractivity contribution >= 4 is 41.7 Å². The third-order valence-electron chi connectivity index (χ3n) is 5.36. The van der Waals surface area contributed by atoms with E-state index < -0.39 is 12.1 Å². The highest BCUT2D eigenvalue weighted by molar-refractivity contribution is 8.13. The first-order chi connectivity index (χ1) is 17.8. The van der Waals surface area contributed by atoms with Gasteiger partial charge in [0, 0.05) is 38.1 Å². The van der Waals surface area contributed by atoms with Crippen LogP contribution in [0.1, 0.15) is 77.6 Å². The topological polar surface area (TPSA) is 120 Å². The molecule has 0 fully saturated rings. The maximum absolute atomic E-state index is 12.6. The van der Waals surface area contributed by atoms with Crippen LogP contribution in [0.3, 0.4) is 0 Å². The minimum atomic E-state index is -0.890. The van der Waals surface area contributed by atoms with Crippen molar-refractivity contribution in [3.8, 4) is 0 Å². The molecule has 0 aromatic heterocycles. The number of nitrogens with zero attached hydrogens (tertiary/aromatic N) is 2. The van der Waals surface area contributed by atoms with Crippen molar-refractivity contribution in [1.29, 1.82) is 0 Å². The molecule has 0 aromatic carbocycles. The highest BCUT2D eigenvalue weighted by atomic mass is 32.2. The van der Waals surface area contributed by atoms with E-state index in [1.165, 1.54) is 11.8 Å². The fourth-order valence-electron chi connectivity index (χ4n) is 3.34. The van der Waals surface area contributed by atoms with Crippen LogP contribution in [0, 0.1) is 0 Å². The van der Waals surface area contributed by atoms with Gasteiger partial charge >= 0.3 is 11.9 Å². The van der Waals surface area contributed by atoms with Crippen LogP contribution >= 0.6 is 11.8 Å². The van der Waals surface area contributed by atoms with Gasteiger partial charge in [0.1, 0.15) is 19.5 Å². The van der Waals surface area contributed by atoms with Gasteiger partial charge in [-0.05, 0) is 46.3 Å². The van der Waals surface area contributed by atoms with E-state index in [2.05, 4.69) is 11.8 Å². The lowest BCUT2D eigenvalue weighted by Gasteiger charge is -2.22. The highest BCUT2D eigenvalue weighted by Crippen LogP contribution is 2.13. The number of thioether (sulfide) groups is 1. The molecule has 1 atom stereocenters. The Kier molecular flexibility index (Phi) is 22.8. The summed E-state index contributed by atoms with van der Waals surface area (Å²) in [4.78, 5) is 61.9. The molecule has 0 N–H and O–H groups in total. The highest BCUT2D eigenvalue weighted by Gasteiger charge is 2.19. The van der Waals surface area contributed by atoms with E-state index in [1.54, 1.807) is 4.90 Å². The quantitative estimate of drug-likeness (QED) is 0.0764. The Labute approximate surface area is 226 Å². The average molecular weight is 547 g/mol. The smallest absolute Gasteiger partial charge is 0.306 e. The Morgan fingerprint density at radius 3 is 2.22 bits per heavy atom. The van der Waals surface area contributed by atoms with E-state index >= 15 is 0 Å². The van der Waals surface area contributed by atoms with Gasteiger partial charge in [-0.3, -0.25) is 19.2 Å². The van der Waals surface area contributed by atoms with Crippen LogP contribution in [0.25, 0.3) is 0 Å². The molecular weight excluding hydrogens is 500 g/mol. The van der Waals surface area contributed by atoms with Crippen molar-refractivity contribution in [3.05, 3.63) is 0 Å². The van der Waals surface area contributed by atoms with Crippen LogP contribution < -0.4 is 0 Å². The zero-order chi connectivity index (χ0) is 27.7. The Morgan fingerprint density at radius 1 is 0.838 bits per heavy atom. The van der Waals surface area contributed by atoms with E-state index in [1.807, 2.05) is 14.1 Å². The monoisotopic (exact) mass is 546 g/mol. The first-order valence-corrected chi connectivity index (χ1v) is 14.2. The minimum Gasteiger partial charge on any atom is -0.464 e. The van der Waals surface area contributed by atoms with Gasteiger partial charge in [-0.15, -0.1) is 0 Å². The standard InChI is InChI=1S/C26H46N2O8S/c1-4-5-6-7-8-13-24(31)35-21-23(20-34-22-30)36-25(32)14-11-17-28(16-9-10-18-29)26(33)37-19-12-15-27(2)3/h18,22-23H,4-17,19-21H2,1-3H3. The molecule has 0 aliphatic rings. The summed E-state index contributed by atoms with van der Waals surface area (Å²) in [6, 6.07) is 0. The van der Waals surface area contributed by atoms with Gasteiger partial charge in [0.05, 0.1) is 0 Å². The van der Waals surface area contributed by atoms with E-state index in [-0.39, 0.29) is 37.3 Å². The lowest BCUT2D eigenvalue weighted by Crippen LogP contribution is -2.32.